The van der Waals surface area contributed by atoms with E-state index >= 15 is 0 Å². The first-order valence-electron chi connectivity index (χ1n) is 6.65. The van der Waals surface area contributed by atoms with Gasteiger partial charge in [-0.25, -0.2) is 0 Å². The predicted octanol–water partition coefficient (Wildman–Crippen LogP) is -1.15. The van der Waals surface area contributed by atoms with E-state index in [1.165, 1.54) is 14.0 Å². The normalized spacial score (nSPS) is 13.3. The van der Waals surface area contributed by atoms with E-state index in [0.717, 1.165) is 11.8 Å². The lowest BCUT2D eigenvalue weighted by Gasteiger charge is -2.20. The van der Waals surface area contributed by atoms with Gasteiger partial charge in [0.2, 0.25) is 5.91 Å². The van der Waals surface area contributed by atoms with Crippen LogP contribution in [0.3, 0.4) is 0 Å². The van der Waals surface area contributed by atoms with Gasteiger partial charge in [-0.15, -0.1) is 0 Å². The van der Waals surface area contributed by atoms with E-state index in [1.54, 1.807) is 6.92 Å². The van der Waals surface area contributed by atoms with Crippen molar-refractivity contribution in [3.63, 3.8) is 0 Å². The molecule has 0 aliphatic rings. The number of carboxylic acid groups (broad SMARTS) is 1. The number of carbonyl (C=O) groups excluding carboxylic acids is 4. The minimum Gasteiger partial charge on any atom is -0.550 e. The number of carboxylic acids is 1. The molecule has 2 atom stereocenters. The summed E-state index contributed by atoms with van der Waals surface area (Å²) in [4.78, 5) is 45.1. The summed E-state index contributed by atoms with van der Waals surface area (Å²) in [6, 6.07) is -1.49. The van der Waals surface area contributed by atoms with Crippen molar-refractivity contribution in [2.24, 2.45) is 0 Å². The molecular weight excluding hydrogens is 296 g/mol. The predicted molar refractivity (Wildman–Crippen MR) is 77.5 cm³/mol. The summed E-state index contributed by atoms with van der Waals surface area (Å²) < 4.78 is 0. The van der Waals surface area contributed by atoms with Gasteiger partial charge in [0, 0.05) is 18.1 Å². The summed E-state index contributed by atoms with van der Waals surface area (Å²) in [7, 11) is 1.53. The molecule has 0 fully saturated rings. The molecule has 1 amide bonds. The van der Waals surface area contributed by atoms with Gasteiger partial charge < -0.3 is 20.5 Å². The maximum absolute atomic E-state index is 12.0. The monoisotopic (exact) mass is 317 g/mol. The molecule has 0 aromatic carbocycles. The maximum atomic E-state index is 12.0. The summed E-state index contributed by atoms with van der Waals surface area (Å²) in [5.41, 5.74) is 0. The Morgan fingerprint density at radius 3 is 2.24 bits per heavy atom. The third kappa shape index (κ3) is 8.46. The third-order valence-corrected chi connectivity index (χ3v) is 3.92. The highest BCUT2D eigenvalue weighted by atomic mass is 32.2. The molecule has 0 saturated heterocycles. The molecule has 0 bridgehead atoms. The van der Waals surface area contributed by atoms with Gasteiger partial charge >= 0.3 is 0 Å². The smallest absolute Gasteiger partial charge is 0.237 e. The molecule has 8 heteroatoms. The van der Waals surface area contributed by atoms with E-state index < -0.39 is 24.0 Å². The lowest BCUT2D eigenvalue weighted by Crippen LogP contribution is -2.50. The quantitative estimate of drug-likeness (QED) is 0.522. The number of ketones is 1. The molecule has 0 aliphatic carbocycles. The molecule has 21 heavy (non-hydrogen) atoms. The van der Waals surface area contributed by atoms with Crippen LogP contribution in [0.2, 0.25) is 0 Å². The van der Waals surface area contributed by atoms with Gasteiger partial charge in [-0.1, -0.05) is 18.7 Å². The first-order chi connectivity index (χ1) is 9.81. The fourth-order valence-electron chi connectivity index (χ4n) is 1.48. The number of Topliss-reactive ketones (excluding diaryl/α,β-unsaturated/α-hetero) is 1. The van der Waals surface area contributed by atoms with Gasteiger partial charge in [0.05, 0.1) is 12.1 Å². The summed E-state index contributed by atoms with van der Waals surface area (Å²) in [5, 5.41) is 15.6. The molecule has 0 rings (SSSR count). The molecule has 2 N–H and O–H groups in total. The minimum absolute atomic E-state index is 0.0578. The van der Waals surface area contributed by atoms with Crippen LogP contribution in [-0.2, 0) is 19.2 Å². The second kappa shape index (κ2) is 10.3. The maximum Gasteiger partial charge on any atom is 0.237 e. The van der Waals surface area contributed by atoms with Crippen LogP contribution in [0, 0.1) is 0 Å². The van der Waals surface area contributed by atoms with Crippen molar-refractivity contribution in [3.05, 3.63) is 0 Å². The van der Waals surface area contributed by atoms with Crippen LogP contribution in [0.15, 0.2) is 0 Å². The SMILES string of the molecule is CCC(=O)SC[C@H](NC(=O)[C@H](CCC(=O)[O-])NC)C(C)=O. The summed E-state index contributed by atoms with van der Waals surface area (Å²) in [5.74, 6) is -1.79. The van der Waals surface area contributed by atoms with Gasteiger partial charge in [-0.3, -0.25) is 14.4 Å². The summed E-state index contributed by atoms with van der Waals surface area (Å²) in [6.45, 7) is 3.05. The Morgan fingerprint density at radius 2 is 1.81 bits per heavy atom. The molecule has 0 saturated carbocycles. The number of likely N-dealkylation sites (N-methyl/N-ethyl adjacent to an activating group) is 1. The molecule has 7 nitrogen and oxygen atoms in total. The molecular formula is C13H21N2O5S-. The van der Waals surface area contributed by atoms with Gasteiger partial charge in [-0.2, -0.15) is 0 Å². The molecule has 0 aromatic rings. The lowest BCUT2D eigenvalue weighted by molar-refractivity contribution is -0.305. The van der Waals surface area contributed by atoms with Crippen LogP contribution in [0.25, 0.3) is 0 Å². The zero-order chi connectivity index (χ0) is 16.4. The Kier molecular flexibility index (Phi) is 9.64. The van der Waals surface area contributed by atoms with Crippen molar-refractivity contribution >= 4 is 34.5 Å². The zero-order valence-electron chi connectivity index (χ0n) is 12.4. The largest absolute Gasteiger partial charge is 0.550 e. The Balaban J connectivity index is 4.53. The van der Waals surface area contributed by atoms with E-state index in [-0.39, 0.29) is 29.5 Å². The number of thioether (sulfide) groups is 1. The number of hydrogen-bond donors (Lipinski definition) is 2. The Morgan fingerprint density at radius 1 is 1.19 bits per heavy atom. The Bertz CT molecular complexity index is 400. The van der Waals surface area contributed by atoms with Crippen molar-refractivity contribution in [2.45, 2.75) is 45.2 Å². The van der Waals surface area contributed by atoms with Crippen LogP contribution >= 0.6 is 11.8 Å². The number of aliphatic carboxylic acids is 1. The Labute approximate surface area is 128 Å². The molecule has 0 aliphatic heterocycles. The standard InChI is InChI=1S/C13H22N2O5S/c1-4-12(19)21-7-10(8(2)16)15-13(20)9(14-3)5-6-11(17)18/h9-10,14H,4-7H2,1-3H3,(H,15,20)(H,17,18)/p-1/t9-,10-/m0/s1. The highest BCUT2D eigenvalue weighted by molar-refractivity contribution is 8.13. The van der Waals surface area contributed by atoms with Crippen molar-refractivity contribution in [3.8, 4) is 0 Å². The zero-order valence-corrected chi connectivity index (χ0v) is 13.2. The van der Waals surface area contributed by atoms with E-state index in [1.807, 2.05) is 0 Å². The number of rotatable bonds is 10. The molecule has 0 radical (unpaired) electrons. The number of nitrogens with one attached hydrogen (secondary N) is 2. The number of carbonyl (C=O) groups is 4. The minimum atomic E-state index is -1.24. The van der Waals surface area contributed by atoms with Gasteiger partial charge in [0.1, 0.15) is 0 Å². The van der Waals surface area contributed by atoms with E-state index in [0.29, 0.717) is 6.42 Å². The Hall–Kier alpha value is -1.41. The van der Waals surface area contributed by atoms with Crippen LogP contribution in [0.1, 0.15) is 33.1 Å². The van der Waals surface area contributed by atoms with Crippen LogP contribution in [0.4, 0.5) is 0 Å². The molecule has 0 aromatic heterocycles. The highest BCUT2D eigenvalue weighted by Gasteiger charge is 2.23. The molecule has 0 heterocycles. The van der Waals surface area contributed by atoms with Crippen molar-refractivity contribution < 1.29 is 24.3 Å². The van der Waals surface area contributed by atoms with Gasteiger partial charge in [0.25, 0.3) is 0 Å². The van der Waals surface area contributed by atoms with Crippen molar-refractivity contribution in [1.29, 1.82) is 0 Å². The average Bonchev–Trinajstić information content (AvgIpc) is 2.42. The topological polar surface area (TPSA) is 115 Å². The van der Waals surface area contributed by atoms with Crippen LogP contribution < -0.4 is 15.7 Å². The third-order valence-electron chi connectivity index (χ3n) is 2.81. The van der Waals surface area contributed by atoms with Crippen molar-refractivity contribution in [1.82, 2.24) is 10.6 Å². The molecule has 0 spiro atoms. The lowest BCUT2D eigenvalue weighted by atomic mass is 10.1. The second-order valence-corrected chi connectivity index (χ2v) is 5.54. The van der Waals surface area contributed by atoms with Crippen LogP contribution in [-0.4, -0.2) is 47.7 Å². The van der Waals surface area contributed by atoms with E-state index in [9.17, 15) is 24.3 Å². The summed E-state index contributed by atoms with van der Waals surface area (Å²) >= 11 is 0.993. The summed E-state index contributed by atoms with van der Waals surface area (Å²) in [6.07, 6.45) is 0.164. The average molecular weight is 317 g/mol. The molecule has 0 unspecified atom stereocenters. The highest BCUT2D eigenvalue weighted by Crippen LogP contribution is 2.08. The fourth-order valence-corrected chi connectivity index (χ4v) is 2.35. The number of hydrogen-bond acceptors (Lipinski definition) is 7. The van der Waals surface area contributed by atoms with Gasteiger partial charge in [-0.05, 0) is 26.8 Å². The van der Waals surface area contributed by atoms with E-state index in [4.69, 9.17) is 0 Å². The van der Waals surface area contributed by atoms with Crippen LogP contribution in [0.5, 0.6) is 0 Å². The first-order valence-corrected chi connectivity index (χ1v) is 7.63. The number of amides is 1. The first kappa shape index (κ1) is 19.6. The molecule has 120 valence electrons. The second-order valence-electron chi connectivity index (χ2n) is 4.46. The van der Waals surface area contributed by atoms with Gasteiger partial charge in [0.15, 0.2) is 10.9 Å². The van der Waals surface area contributed by atoms with E-state index in [2.05, 4.69) is 10.6 Å². The fraction of sp³-hybridized carbons (Fsp3) is 0.692. The van der Waals surface area contributed by atoms with Crippen molar-refractivity contribution in [2.75, 3.05) is 12.8 Å².